The fraction of sp³-hybridized carbons (Fsp3) is 0.643. The number of rotatable bonds is 3. The predicted molar refractivity (Wildman–Crippen MR) is 75.0 cm³/mol. The van der Waals surface area contributed by atoms with E-state index >= 15 is 0 Å². The first-order valence-electron chi connectivity index (χ1n) is 6.90. The lowest BCUT2D eigenvalue weighted by Gasteiger charge is -2.36. The summed E-state index contributed by atoms with van der Waals surface area (Å²) in [6.07, 6.45) is 6.51. The standard InChI is InChI=1S/C14H19ClFN3/c1-19-11-2-3-12(19)5-9(4-11)7-17-14-13(16)6-10(15)8-18-14/h6,8-9,11-12H,2-5,7H2,1H3,(H,17,18). The summed E-state index contributed by atoms with van der Waals surface area (Å²) in [5.41, 5.74) is 0. The molecular formula is C14H19ClFN3. The molecule has 0 amide bonds. The zero-order valence-electron chi connectivity index (χ0n) is 11.1. The van der Waals surface area contributed by atoms with Crippen LogP contribution in [0.3, 0.4) is 0 Å². The van der Waals surface area contributed by atoms with E-state index in [4.69, 9.17) is 11.6 Å². The minimum Gasteiger partial charge on any atom is -0.367 e. The first kappa shape index (κ1) is 13.1. The van der Waals surface area contributed by atoms with Crippen LogP contribution in [0, 0.1) is 11.7 Å². The Morgan fingerprint density at radius 2 is 2.11 bits per heavy atom. The lowest BCUT2D eigenvalue weighted by atomic mass is 9.91. The molecule has 0 spiro atoms. The Morgan fingerprint density at radius 1 is 1.42 bits per heavy atom. The molecule has 19 heavy (non-hydrogen) atoms. The van der Waals surface area contributed by atoms with E-state index in [2.05, 4.69) is 22.2 Å². The second-order valence-electron chi connectivity index (χ2n) is 5.75. The van der Waals surface area contributed by atoms with E-state index in [1.165, 1.54) is 37.9 Å². The molecule has 1 aromatic rings. The summed E-state index contributed by atoms with van der Waals surface area (Å²) in [4.78, 5) is 6.51. The van der Waals surface area contributed by atoms with Crippen LogP contribution in [-0.2, 0) is 0 Å². The number of hydrogen-bond acceptors (Lipinski definition) is 3. The molecular weight excluding hydrogens is 265 g/mol. The molecule has 0 radical (unpaired) electrons. The van der Waals surface area contributed by atoms with Crippen molar-refractivity contribution in [1.82, 2.24) is 9.88 Å². The highest BCUT2D eigenvalue weighted by Gasteiger charge is 2.38. The predicted octanol–water partition coefficient (Wildman–Crippen LogP) is 3.16. The van der Waals surface area contributed by atoms with Gasteiger partial charge in [0.25, 0.3) is 0 Å². The van der Waals surface area contributed by atoms with Gasteiger partial charge in [0.15, 0.2) is 11.6 Å². The summed E-state index contributed by atoms with van der Waals surface area (Å²) in [6, 6.07) is 2.73. The van der Waals surface area contributed by atoms with Gasteiger partial charge in [-0.1, -0.05) is 11.6 Å². The minimum atomic E-state index is -0.372. The third-order valence-electron chi connectivity index (χ3n) is 4.56. The van der Waals surface area contributed by atoms with Crippen LogP contribution in [0.5, 0.6) is 0 Å². The van der Waals surface area contributed by atoms with Crippen molar-refractivity contribution in [1.29, 1.82) is 0 Å². The first-order chi connectivity index (χ1) is 9.13. The number of aromatic nitrogens is 1. The third kappa shape index (κ3) is 2.70. The van der Waals surface area contributed by atoms with Crippen molar-refractivity contribution in [2.24, 2.45) is 5.92 Å². The van der Waals surface area contributed by atoms with Gasteiger partial charge in [-0.05, 0) is 44.7 Å². The SMILES string of the molecule is CN1C2CCC1CC(CNc1ncc(Cl)cc1F)C2. The van der Waals surface area contributed by atoms with Crippen LogP contribution in [-0.4, -0.2) is 35.6 Å². The average Bonchev–Trinajstić information content (AvgIpc) is 2.62. The van der Waals surface area contributed by atoms with Crippen LogP contribution in [0.25, 0.3) is 0 Å². The van der Waals surface area contributed by atoms with Crippen molar-refractivity contribution < 1.29 is 4.39 Å². The van der Waals surface area contributed by atoms with Gasteiger partial charge < -0.3 is 10.2 Å². The van der Waals surface area contributed by atoms with E-state index in [1.807, 2.05) is 0 Å². The smallest absolute Gasteiger partial charge is 0.166 e. The quantitative estimate of drug-likeness (QED) is 0.924. The summed E-state index contributed by atoms with van der Waals surface area (Å²) in [5, 5.41) is 3.46. The Hall–Kier alpha value is -0.870. The van der Waals surface area contributed by atoms with Crippen molar-refractivity contribution in [2.45, 2.75) is 37.8 Å². The van der Waals surface area contributed by atoms with Gasteiger partial charge in [-0.2, -0.15) is 0 Å². The molecule has 2 bridgehead atoms. The molecule has 104 valence electrons. The number of nitrogens with one attached hydrogen (secondary N) is 1. The number of piperidine rings is 1. The maximum atomic E-state index is 13.6. The molecule has 2 aliphatic rings. The minimum absolute atomic E-state index is 0.315. The van der Waals surface area contributed by atoms with Crippen molar-refractivity contribution >= 4 is 17.4 Å². The molecule has 0 saturated carbocycles. The molecule has 0 aliphatic carbocycles. The lowest BCUT2D eigenvalue weighted by Crippen LogP contribution is -2.41. The van der Waals surface area contributed by atoms with Crippen molar-refractivity contribution in [3.8, 4) is 0 Å². The molecule has 5 heteroatoms. The maximum Gasteiger partial charge on any atom is 0.166 e. The molecule has 3 heterocycles. The van der Waals surface area contributed by atoms with Gasteiger partial charge in [-0.15, -0.1) is 0 Å². The first-order valence-corrected chi connectivity index (χ1v) is 7.28. The molecule has 2 atom stereocenters. The highest BCUT2D eigenvalue weighted by molar-refractivity contribution is 6.30. The molecule has 2 saturated heterocycles. The van der Waals surface area contributed by atoms with E-state index in [9.17, 15) is 4.39 Å². The average molecular weight is 284 g/mol. The number of halogens is 2. The second kappa shape index (κ2) is 5.25. The second-order valence-corrected chi connectivity index (χ2v) is 6.19. The molecule has 3 rings (SSSR count). The third-order valence-corrected chi connectivity index (χ3v) is 4.77. The van der Waals surface area contributed by atoms with Crippen LogP contribution in [0.2, 0.25) is 5.02 Å². The van der Waals surface area contributed by atoms with Crippen molar-refractivity contribution in [2.75, 3.05) is 18.9 Å². The monoisotopic (exact) mass is 283 g/mol. The lowest BCUT2D eigenvalue weighted by molar-refractivity contribution is 0.139. The van der Waals surface area contributed by atoms with E-state index in [0.717, 1.165) is 6.54 Å². The number of nitrogens with zero attached hydrogens (tertiary/aromatic N) is 2. The number of fused-ring (bicyclic) bond motifs is 2. The van der Waals surface area contributed by atoms with Gasteiger partial charge >= 0.3 is 0 Å². The van der Waals surface area contributed by atoms with E-state index in [1.54, 1.807) is 0 Å². The highest BCUT2D eigenvalue weighted by Crippen LogP contribution is 2.37. The summed E-state index contributed by atoms with van der Waals surface area (Å²) in [5.74, 6) is 0.560. The zero-order valence-corrected chi connectivity index (χ0v) is 11.8. The van der Waals surface area contributed by atoms with Crippen LogP contribution in [0.1, 0.15) is 25.7 Å². The van der Waals surface area contributed by atoms with Gasteiger partial charge in [0, 0.05) is 24.8 Å². The number of anilines is 1. The van der Waals surface area contributed by atoms with Gasteiger partial charge in [-0.3, -0.25) is 0 Å². The van der Waals surface area contributed by atoms with Crippen molar-refractivity contribution in [3.63, 3.8) is 0 Å². The van der Waals surface area contributed by atoms with E-state index in [-0.39, 0.29) is 5.82 Å². The summed E-state index contributed by atoms with van der Waals surface area (Å²) in [6.45, 7) is 0.798. The van der Waals surface area contributed by atoms with Crippen LogP contribution in [0.4, 0.5) is 10.2 Å². The molecule has 0 aromatic carbocycles. The Balaban J connectivity index is 1.58. The highest BCUT2D eigenvalue weighted by atomic mass is 35.5. The molecule has 1 N–H and O–H groups in total. The summed E-state index contributed by atoms with van der Waals surface area (Å²) < 4.78 is 13.6. The van der Waals surface area contributed by atoms with Crippen molar-refractivity contribution in [3.05, 3.63) is 23.1 Å². The number of hydrogen-bond donors (Lipinski definition) is 1. The maximum absolute atomic E-state index is 13.6. The summed E-state index contributed by atoms with van der Waals surface area (Å²) in [7, 11) is 2.23. The largest absolute Gasteiger partial charge is 0.367 e. The Bertz CT molecular complexity index is 454. The van der Waals surface area contributed by atoms with E-state index in [0.29, 0.717) is 28.8 Å². The van der Waals surface area contributed by atoms with Crippen LogP contribution < -0.4 is 5.32 Å². The van der Waals surface area contributed by atoms with Crippen LogP contribution in [0.15, 0.2) is 12.3 Å². The number of pyridine rings is 1. The molecule has 2 unspecified atom stereocenters. The molecule has 3 nitrogen and oxygen atoms in total. The Morgan fingerprint density at radius 3 is 2.74 bits per heavy atom. The fourth-order valence-electron chi connectivity index (χ4n) is 3.48. The normalized spacial score (nSPS) is 30.6. The molecule has 1 aromatic heterocycles. The fourth-order valence-corrected chi connectivity index (χ4v) is 3.62. The Labute approximate surface area is 118 Å². The van der Waals surface area contributed by atoms with Crippen LogP contribution >= 0.6 is 11.6 Å². The van der Waals surface area contributed by atoms with Gasteiger partial charge in [0.1, 0.15) is 0 Å². The molecule has 2 aliphatic heterocycles. The van der Waals surface area contributed by atoms with Gasteiger partial charge in [0.2, 0.25) is 0 Å². The summed E-state index contributed by atoms with van der Waals surface area (Å²) >= 11 is 5.69. The Kier molecular flexibility index (Phi) is 3.63. The zero-order chi connectivity index (χ0) is 13.4. The molecule has 2 fully saturated rings. The van der Waals surface area contributed by atoms with Gasteiger partial charge in [-0.25, -0.2) is 9.37 Å². The van der Waals surface area contributed by atoms with Gasteiger partial charge in [0.05, 0.1) is 5.02 Å². The topological polar surface area (TPSA) is 28.2 Å². The van der Waals surface area contributed by atoms with E-state index < -0.39 is 0 Å².